The molecular weight excluding hydrogens is 894 g/mol. The summed E-state index contributed by atoms with van der Waals surface area (Å²) >= 11 is 6.88. The van der Waals surface area contributed by atoms with Gasteiger partial charge in [0, 0.05) is 67.5 Å². The SMILES string of the molecule is NC1=N[C@@](c2cc(C[C@@H]3CCc4cc(Br)cnc43)ccc2F)(C(F)F)[C@H]2C[C@H]2O1.NC1=N[C@@](c2cc(C[C@H]3CCc4cc(Br)cnc43)ccc2F)(C(F)F)[C@H]2C[C@H]2O1. The molecule has 4 aliphatic carbocycles. The van der Waals surface area contributed by atoms with Crippen molar-refractivity contribution in [3.05, 3.63) is 126 Å². The standard InChI is InChI=1S/2C21H19BrF3N3O/c2*22-13-7-12-3-2-11(18(12)27-9-13)5-10-1-4-16(23)14(6-10)21(19(24)25)15-8-17(15)29-20(26)28-21/h2*1,4,6-7,9,11,15,17,19H,2-3,5,8H2,(H2,26,28)/t11-,15+,17-,21-;11-,15-,17+,21+/m10/s1. The fraction of sp³-hybridized carbons (Fsp3) is 0.429. The van der Waals surface area contributed by atoms with Gasteiger partial charge in [0.2, 0.25) is 0 Å². The Bertz CT molecular complexity index is 2190. The highest BCUT2D eigenvalue weighted by Gasteiger charge is 2.65. The van der Waals surface area contributed by atoms with Crippen LogP contribution in [0.4, 0.5) is 26.3 Å². The van der Waals surface area contributed by atoms with E-state index >= 15 is 0 Å². The third-order valence-electron chi connectivity index (χ3n) is 12.5. The van der Waals surface area contributed by atoms with Gasteiger partial charge in [-0.15, -0.1) is 0 Å². The van der Waals surface area contributed by atoms with Crippen molar-refractivity contribution in [2.45, 2.75) is 99.3 Å². The first-order chi connectivity index (χ1) is 27.8. The predicted molar refractivity (Wildman–Crippen MR) is 211 cm³/mol. The molecule has 304 valence electrons. The number of pyridine rings is 2. The van der Waals surface area contributed by atoms with Gasteiger partial charge < -0.3 is 20.9 Å². The number of aliphatic imine (C=N–C) groups is 2. The van der Waals surface area contributed by atoms with E-state index in [4.69, 9.17) is 20.9 Å². The van der Waals surface area contributed by atoms with E-state index in [0.29, 0.717) is 25.7 Å². The molecule has 6 aliphatic rings. The van der Waals surface area contributed by atoms with Crippen LogP contribution in [0.15, 0.2) is 79.9 Å². The summed E-state index contributed by atoms with van der Waals surface area (Å²) in [4.78, 5) is 17.0. The van der Waals surface area contributed by atoms with Crippen LogP contribution in [0.3, 0.4) is 0 Å². The van der Waals surface area contributed by atoms with Gasteiger partial charge in [0.05, 0.1) is 0 Å². The Balaban J connectivity index is 0.000000150. The number of aromatic nitrogens is 2. The third kappa shape index (κ3) is 6.85. The normalized spacial score (nSPS) is 29.8. The van der Waals surface area contributed by atoms with E-state index in [1.54, 1.807) is 24.5 Å². The summed E-state index contributed by atoms with van der Waals surface area (Å²) < 4.78 is 99.0. The van der Waals surface area contributed by atoms with Gasteiger partial charge in [-0.1, -0.05) is 24.3 Å². The minimum absolute atomic E-state index is 0.0919. The van der Waals surface area contributed by atoms with Crippen molar-refractivity contribution in [2.24, 2.45) is 33.3 Å². The highest BCUT2D eigenvalue weighted by atomic mass is 79.9. The first-order valence-corrected chi connectivity index (χ1v) is 20.8. The molecule has 4 aromatic rings. The van der Waals surface area contributed by atoms with E-state index in [9.17, 15) is 26.3 Å². The molecule has 0 spiro atoms. The average Bonchev–Trinajstić information content (AvgIpc) is 4.07. The van der Waals surface area contributed by atoms with Gasteiger partial charge in [0.25, 0.3) is 24.9 Å². The molecule has 0 amide bonds. The number of alkyl halides is 4. The molecule has 0 bridgehead atoms. The van der Waals surface area contributed by atoms with Gasteiger partial charge in [0.1, 0.15) is 23.8 Å². The van der Waals surface area contributed by atoms with E-state index in [1.807, 2.05) is 0 Å². The lowest BCUT2D eigenvalue weighted by atomic mass is 9.83. The third-order valence-corrected chi connectivity index (χ3v) is 13.4. The largest absolute Gasteiger partial charge is 0.462 e. The predicted octanol–water partition coefficient (Wildman–Crippen LogP) is 8.90. The number of hydrogen-bond donors (Lipinski definition) is 2. The van der Waals surface area contributed by atoms with E-state index in [2.05, 4.69) is 63.9 Å². The van der Waals surface area contributed by atoms with Crippen LogP contribution in [0.5, 0.6) is 0 Å². The number of halogens is 8. The fourth-order valence-electron chi connectivity index (χ4n) is 9.63. The van der Waals surface area contributed by atoms with Crippen LogP contribution in [0.25, 0.3) is 0 Å². The summed E-state index contributed by atoms with van der Waals surface area (Å²) in [6.45, 7) is 0. The maximum absolute atomic E-state index is 14.8. The molecule has 4 N–H and O–H groups in total. The fourth-order valence-corrected chi connectivity index (χ4v) is 10.4. The zero-order valence-corrected chi connectivity index (χ0v) is 34.0. The first-order valence-electron chi connectivity index (χ1n) is 19.2. The molecule has 4 heterocycles. The van der Waals surface area contributed by atoms with E-state index in [-0.39, 0.29) is 35.0 Å². The summed E-state index contributed by atoms with van der Waals surface area (Å²) in [5.41, 5.74) is 13.2. The number of benzene rings is 2. The van der Waals surface area contributed by atoms with Gasteiger partial charge in [-0.2, -0.15) is 0 Å². The number of ether oxygens (including phenoxy) is 2. The van der Waals surface area contributed by atoms with Crippen molar-refractivity contribution in [3.8, 4) is 0 Å². The molecule has 0 saturated heterocycles. The van der Waals surface area contributed by atoms with Gasteiger partial charge in [-0.3, -0.25) is 9.97 Å². The molecule has 2 aromatic carbocycles. The number of aryl methyl sites for hydroxylation is 2. The lowest BCUT2D eigenvalue weighted by Crippen LogP contribution is -2.43. The van der Waals surface area contributed by atoms with E-state index in [1.165, 1.54) is 35.4 Å². The summed E-state index contributed by atoms with van der Waals surface area (Å²) in [5, 5.41) is 0. The van der Waals surface area contributed by atoms with Crippen molar-refractivity contribution >= 4 is 43.9 Å². The minimum atomic E-state index is -2.88. The molecule has 10 rings (SSSR count). The van der Waals surface area contributed by atoms with Gasteiger partial charge in [-0.05, 0) is 130 Å². The quantitative estimate of drug-likeness (QED) is 0.171. The molecule has 8 nitrogen and oxygen atoms in total. The van der Waals surface area contributed by atoms with Crippen LogP contribution in [-0.4, -0.2) is 47.1 Å². The maximum Gasteiger partial charge on any atom is 0.283 e. The summed E-state index contributed by atoms with van der Waals surface area (Å²) in [5.74, 6) is -2.15. The number of nitrogens with zero attached hydrogens (tertiary/aromatic N) is 4. The molecule has 2 fully saturated rings. The van der Waals surface area contributed by atoms with Crippen molar-refractivity contribution < 1.29 is 35.8 Å². The Morgan fingerprint density at radius 2 is 1.07 bits per heavy atom. The zero-order chi connectivity index (χ0) is 40.7. The lowest BCUT2D eigenvalue weighted by Gasteiger charge is -2.33. The van der Waals surface area contributed by atoms with Gasteiger partial charge in [-0.25, -0.2) is 36.3 Å². The van der Waals surface area contributed by atoms with Crippen molar-refractivity contribution in [1.29, 1.82) is 0 Å². The lowest BCUT2D eigenvalue weighted by molar-refractivity contribution is 0.0175. The second kappa shape index (κ2) is 14.8. The van der Waals surface area contributed by atoms with Crippen LogP contribution >= 0.6 is 31.9 Å². The Morgan fingerprint density at radius 3 is 1.47 bits per heavy atom. The molecule has 2 aliphatic heterocycles. The molecule has 16 heteroatoms. The zero-order valence-electron chi connectivity index (χ0n) is 30.8. The number of rotatable bonds is 8. The highest BCUT2D eigenvalue weighted by Crippen LogP contribution is 2.57. The Labute approximate surface area is 347 Å². The Hall–Kier alpha value is -4.18. The summed E-state index contributed by atoms with van der Waals surface area (Å²) in [6, 6.07) is 12.5. The highest BCUT2D eigenvalue weighted by molar-refractivity contribution is 9.10. The molecule has 2 saturated carbocycles. The van der Waals surface area contributed by atoms with Gasteiger partial charge in [0.15, 0.2) is 11.1 Å². The monoisotopic (exact) mass is 930 g/mol. The van der Waals surface area contributed by atoms with Crippen LogP contribution in [0.1, 0.15) is 82.3 Å². The molecule has 2 aromatic heterocycles. The van der Waals surface area contributed by atoms with Gasteiger partial charge >= 0.3 is 0 Å². The Kier molecular flexibility index (Phi) is 10.0. The minimum Gasteiger partial charge on any atom is -0.462 e. The Morgan fingerprint density at radius 1 is 0.655 bits per heavy atom. The van der Waals surface area contributed by atoms with Crippen LogP contribution in [0, 0.1) is 23.5 Å². The molecule has 8 atom stereocenters. The summed E-state index contributed by atoms with van der Waals surface area (Å²) in [6.07, 6.45) is 2.64. The first kappa shape index (κ1) is 39.3. The van der Waals surface area contributed by atoms with Crippen LogP contribution in [-0.2, 0) is 46.2 Å². The number of hydrogen-bond acceptors (Lipinski definition) is 8. The average molecular weight is 933 g/mol. The number of amidine groups is 2. The molecular formula is C42H38Br2F6N6O2. The van der Waals surface area contributed by atoms with Crippen molar-refractivity contribution in [2.75, 3.05) is 0 Å². The number of fused-ring (bicyclic) bond motifs is 4. The van der Waals surface area contributed by atoms with Crippen LogP contribution in [0.2, 0.25) is 0 Å². The topological polar surface area (TPSA) is 121 Å². The van der Waals surface area contributed by atoms with Crippen LogP contribution < -0.4 is 11.5 Å². The van der Waals surface area contributed by atoms with Crippen molar-refractivity contribution in [1.82, 2.24) is 9.97 Å². The van der Waals surface area contributed by atoms with E-state index in [0.717, 1.165) is 57.1 Å². The summed E-state index contributed by atoms with van der Waals surface area (Å²) in [7, 11) is 0. The second-order valence-electron chi connectivity index (χ2n) is 16.1. The molecule has 0 radical (unpaired) electrons. The molecule has 0 unspecified atom stereocenters. The van der Waals surface area contributed by atoms with Crippen molar-refractivity contribution in [3.63, 3.8) is 0 Å². The number of nitrogens with two attached hydrogens (primary N) is 2. The molecule has 58 heavy (non-hydrogen) atoms. The van der Waals surface area contributed by atoms with E-state index < -0.39 is 59.6 Å². The maximum atomic E-state index is 14.8. The smallest absolute Gasteiger partial charge is 0.283 e. The second-order valence-corrected chi connectivity index (χ2v) is 17.9.